The second-order valence-corrected chi connectivity index (χ2v) is 7.74. The van der Waals surface area contributed by atoms with E-state index in [0.717, 1.165) is 0 Å². The van der Waals surface area contributed by atoms with Gasteiger partial charge in [0.25, 0.3) is 0 Å². The summed E-state index contributed by atoms with van der Waals surface area (Å²) >= 11 is 5.29. The molecule has 1 unspecified atom stereocenters. The number of carbonyl (C=O) groups is 1. The fraction of sp³-hybridized carbons (Fsp3) is 0.857. The van der Waals surface area contributed by atoms with E-state index in [1.807, 2.05) is 25.4 Å². The van der Waals surface area contributed by atoms with Crippen LogP contribution in [-0.2, 0) is 21.3 Å². The highest BCUT2D eigenvalue weighted by atomic mass is 32.4. The summed E-state index contributed by atoms with van der Waals surface area (Å²) in [5.74, 6) is -0.226. The zero-order chi connectivity index (χ0) is 10.5. The van der Waals surface area contributed by atoms with E-state index < -0.39 is 6.34 Å². The lowest BCUT2D eigenvalue weighted by molar-refractivity contribution is -0.143. The molecule has 0 rings (SSSR count). The lowest BCUT2D eigenvalue weighted by Crippen LogP contribution is -2.28. The summed E-state index contributed by atoms with van der Waals surface area (Å²) in [5.41, 5.74) is 0. The zero-order valence-electron chi connectivity index (χ0n) is 8.53. The number of carbonyl (C=O) groups excluding carboxylic acids is 1. The van der Waals surface area contributed by atoms with Gasteiger partial charge in [-0.05, 0) is 27.7 Å². The molecule has 0 heterocycles. The molecule has 78 valence electrons. The quantitative estimate of drug-likeness (QED) is 0.548. The fourth-order valence-electron chi connectivity index (χ4n) is 0.699. The third kappa shape index (κ3) is 4.72. The number of ether oxygens (including phenoxy) is 1. The molecule has 0 aliphatic heterocycles. The minimum absolute atomic E-state index is 0.226. The van der Waals surface area contributed by atoms with Crippen molar-refractivity contribution in [3.8, 4) is 0 Å². The first kappa shape index (κ1) is 13.0. The fourth-order valence-corrected chi connectivity index (χ4v) is 1.60. The van der Waals surface area contributed by atoms with E-state index in [4.69, 9.17) is 16.5 Å². The van der Waals surface area contributed by atoms with Crippen molar-refractivity contribution in [3.63, 3.8) is 0 Å². The molecule has 0 amide bonds. The highest BCUT2D eigenvalue weighted by Gasteiger charge is 2.17. The molecular formula is C7H17N2O2PS. The molecule has 0 saturated carbocycles. The Kier molecular flexibility index (Phi) is 5.72. The van der Waals surface area contributed by atoms with Gasteiger partial charge in [-0.3, -0.25) is 14.6 Å². The van der Waals surface area contributed by atoms with Crippen LogP contribution in [0.15, 0.2) is 0 Å². The third-order valence-electron chi connectivity index (χ3n) is 1.73. The van der Waals surface area contributed by atoms with Crippen molar-refractivity contribution in [2.75, 3.05) is 33.9 Å². The zero-order valence-corrected chi connectivity index (χ0v) is 10.2. The molecule has 0 aromatic rings. The van der Waals surface area contributed by atoms with Gasteiger partial charge in [0, 0.05) is 0 Å². The topological polar surface area (TPSA) is 41.6 Å². The van der Waals surface area contributed by atoms with Gasteiger partial charge in [-0.1, -0.05) is 11.8 Å². The van der Waals surface area contributed by atoms with E-state index in [1.165, 1.54) is 0 Å². The normalized spacial score (nSPS) is 15.5. The Labute approximate surface area is 84.7 Å². The van der Waals surface area contributed by atoms with Crippen LogP contribution in [0.4, 0.5) is 0 Å². The predicted molar refractivity (Wildman–Crippen MR) is 58.5 cm³/mol. The van der Waals surface area contributed by atoms with Gasteiger partial charge < -0.3 is 4.74 Å². The molecule has 0 aliphatic rings. The van der Waals surface area contributed by atoms with Crippen molar-refractivity contribution < 1.29 is 9.53 Å². The molecule has 0 aliphatic carbocycles. The number of nitrogens with one attached hydrogen (secondary N) is 1. The maximum Gasteiger partial charge on any atom is 0.320 e. The van der Waals surface area contributed by atoms with Crippen molar-refractivity contribution in [1.29, 1.82) is 0 Å². The summed E-state index contributed by atoms with van der Waals surface area (Å²) in [6.07, 6.45) is -1.73. The molecule has 6 heteroatoms. The number of hydrogen-bond donors (Lipinski definition) is 1. The molecule has 13 heavy (non-hydrogen) atoms. The van der Waals surface area contributed by atoms with Crippen LogP contribution < -0.4 is 5.09 Å². The molecule has 1 atom stereocenters. The van der Waals surface area contributed by atoms with E-state index in [2.05, 4.69) is 5.09 Å². The van der Waals surface area contributed by atoms with E-state index in [0.29, 0.717) is 6.61 Å². The van der Waals surface area contributed by atoms with Crippen LogP contribution >= 0.6 is 6.34 Å². The second kappa shape index (κ2) is 5.70. The maximum atomic E-state index is 11.1. The van der Waals surface area contributed by atoms with E-state index in [9.17, 15) is 4.79 Å². The SMILES string of the molecule is CCOC(=O)CN(C)P(C)(=S)NC. The molecule has 0 spiro atoms. The molecular weight excluding hydrogens is 207 g/mol. The van der Waals surface area contributed by atoms with Crippen LogP contribution in [-0.4, -0.2) is 44.6 Å². The van der Waals surface area contributed by atoms with Gasteiger partial charge in [-0.2, -0.15) is 0 Å². The van der Waals surface area contributed by atoms with Crippen molar-refractivity contribution >= 4 is 24.1 Å². The lowest BCUT2D eigenvalue weighted by Gasteiger charge is -2.26. The van der Waals surface area contributed by atoms with Crippen molar-refractivity contribution in [1.82, 2.24) is 9.76 Å². The van der Waals surface area contributed by atoms with Gasteiger partial charge >= 0.3 is 5.97 Å². The van der Waals surface area contributed by atoms with E-state index in [-0.39, 0.29) is 12.5 Å². The van der Waals surface area contributed by atoms with Gasteiger partial charge in [-0.15, -0.1) is 0 Å². The summed E-state index contributed by atoms with van der Waals surface area (Å²) in [6, 6.07) is 0. The van der Waals surface area contributed by atoms with E-state index in [1.54, 1.807) is 6.92 Å². The Balaban J connectivity index is 4.07. The van der Waals surface area contributed by atoms with Crippen LogP contribution in [0.25, 0.3) is 0 Å². The van der Waals surface area contributed by atoms with Gasteiger partial charge in [0.1, 0.15) is 6.54 Å². The largest absolute Gasteiger partial charge is 0.465 e. The molecule has 0 aromatic heterocycles. The number of likely N-dealkylation sites (N-methyl/N-ethyl adjacent to an activating group) is 1. The summed E-state index contributed by atoms with van der Waals surface area (Å²) in [4.78, 5) is 11.1. The van der Waals surface area contributed by atoms with Crippen LogP contribution in [0.5, 0.6) is 0 Å². The summed E-state index contributed by atoms with van der Waals surface area (Å²) in [7, 11) is 3.64. The molecule has 0 aromatic carbocycles. The number of rotatable bonds is 5. The standard InChI is InChI=1S/C7H17N2O2PS/c1-5-11-7(10)6-9(3)12(4,13)8-2/h5-6H2,1-4H3,(H,8,13). The Bertz CT molecular complexity index is 223. The number of esters is 1. The van der Waals surface area contributed by atoms with Crippen LogP contribution in [0.2, 0.25) is 0 Å². The highest BCUT2D eigenvalue weighted by Crippen LogP contribution is 2.38. The second-order valence-electron chi connectivity index (χ2n) is 2.72. The monoisotopic (exact) mass is 224 g/mol. The first-order valence-electron chi connectivity index (χ1n) is 4.07. The van der Waals surface area contributed by atoms with Crippen molar-refractivity contribution in [2.45, 2.75) is 6.92 Å². The van der Waals surface area contributed by atoms with Gasteiger partial charge in [0.05, 0.1) is 12.9 Å². The van der Waals surface area contributed by atoms with Gasteiger partial charge in [0.15, 0.2) is 0 Å². The maximum absolute atomic E-state index is 11.1. The minimum atomic E-state index is -1.73. The predicted octanol–water partition coefficient (Wildman–Crippen LogP) is 0.640. The summed E-state index contributed by atoms with van der Waals surface area (Å²) in [6.45, 7) is 4.39. The first-order chi connectivity index (χ1) is 5.94. The molecule has 0 fully saturated rings. The van der Waals surface area contributed by atoms with Crippen molar-refractivity contribution in [2.24, 2.45) is 0 Å². The summed E-state index contributed by atoms with van der Waals surface area (Å²) in [5, 5.41) is 3.03. The van der Waals surface area contributed by atoms with Gasteiger partial charge in [-0.25, -0.2) is 0 Å². The van der Waals surface area contributed by atoms with Crippen LogP contribution in [0.3, 0.4) is 0 Å². The molecule has 0 bridgehead atoms. The highest BCUT2D eigenvalue weighted by molar-refractivity contribution is 8.12. The summed E-state index contributed by atoms with van der Waals surface area (Å²) < 4.78 is 6.65. The smallest absolute Gasteiger partial charge is 0.320 e. The van der Waals surface area contributed by atoms with Crippen molar-refractivity contribution in [3.05, 3.63) is 0 Å². The Morgan fingerprint density at radius 3 is 2.62 bits per heavy atom. The number of nitrogens with zero attached hydrogens (tertiary/aromatic N) is 1. The first-order valence-corrected chi connectivity index (χ1v) is 7.28. The molecule has 4 nitrogen and oxygen atoms in total. The van der Waals surface area contributed by atoms with Crippen LogP contribution in [0.1, 0.15) is 6.92 Å². The Morgan fingerprint density at radius 1 is 1.69 bits per heavy atom. The van der Waals surface area contributed by atoms with Gasteiger partial charge in [0.2, 0.25) is 0 Å². The molecule has 0 radical (unpaired) electrons. The van der Waals surface area contributed by atoms with Crippen LogP contribution in [0, 0.1) is 0 Å². The lowest BCUT2D eigenvalue weighted by atomic mass is 10.6. The Hall–Kier alpha value is 0.0400. The average Bonchev–Trinajstić information content (AvgIpc) is 2.04. The Morgan fingerprint density at radius 2 is 2.23 bits per heavy atom. The minimum Gasteiger partial charge on any atom is -0.465 e. The molecule has 0 saturated heterocycles. The molecule has 1 N–H and O–H groups in total. The number of hydrogen-bond acceptors (Lipinski definition) is 3. The van der Waals surface area contributed by atoms with E-state index >= 15 is 0 Å². The third-order valence-corrected chi connectivity index (χ3v) is 5.39. The average molecular weight is 224 g/mol.